The average molecular weight is 317 g/mol. The number of benzene rings is 1. The lowest BCUT2D eigenvalue weighted by Crippen LogP contribution is -1.93. The Bertz CT molecular complexity index is 839. The fraction of sp³-hybridized carbons (Fsp3) is 0.188. The van der Waals surface area contributed by atoms with Crippen LogP contribution >= 0.6 is 11.6 Å². The molecule has 1 heterocycles. The van der Waals surface area contributed by atoms with Crippen molar-refractivity contribution in [1.29, 1.82) is 0 Å². The van der Waals surface area contributed by atoms with Crippen LogP contribution in [-0.4, -0.2) is 20.4 Å². The van der Waals surface area contributed by atoms with Crippen LogP contribution in [0.1, 0.15) is 12.0 Å². The van der Waals surface area contributed by atoms with E-state index in [-0.39, 0.29) is 5.92 Å². The second-order valence-electron chi connectivity index (χ2n) is 4.77. The summed E-state index contributed by atoms with van der Waals surface area (Å²) >= 11 is 6.25. The number of aromatic nitrogens is 2. The van der Waals surface area contributed by atoms with Crippen LogP contribution in [0.2, 0.25) is 5.02 Å². The highest BCUT2D eigenvalue weighted by Gasteiger charge is 2.09. The normalized spacial score (nSPS) is 18.5. The van der Waals surface area contributed by atoms with E-state index in [1.165, 1.54) is 0 Å². The first kappa shape index (κ1) is 14.1. The molecule has 1 aliphatic carbocycles. The minimum absolute atomic E-state index is 0.224. The number of H-pyrrole nitrogens is 1. The molecule has 2 aromatic rings. The van der Waals surface area contributed by atoms with Gasteiger partial charge in [0.1, 0.15) is 0 Å². The first-order valence-corrected chi connectivity index (χ1v) is 8.44. The van der Waals surface area contributed by atoms with Gasteiger partial charge in [0.05, 0.1) is 26.9 Å². The fourth-order valence-electron chi connectivity index (χ4n) is 2.10. The molecule has 1 aromatic carbocycles. The fourth-order valence-corrected chi connectivity index (χ4v) is 2.78. The van der Waals surface area contributed by atoms with Gasteiger partial charge in [0, 0.05) is 17.7 Å². The molecular formula is C16H13ClN2OS. The number of allylic oxidation sites excluding steroid dienone is 4. The largest absolute Gasteiger partial charge is 0.331 e. The van der Waals surface area contributed by atoms with Gasteiger partial charge in [-0.3, -0.25) is 4.21 Å². The van der Waals surface area contributed by atoms with E-state index in [9.17, 15) is 4.21 Å². The van der Waals surface area contributed by atoms with E-state index in [0.717, 1.165) is 17.5 Å². The highest BCUT2D eigenvalue weighted by atomic mass is 35.5. The van der Waals surface area contributed by atoms with E-state index >= 15 is 0 Å². The number of imidazole rings is 1. The SMILES string of the molecule is CS(=O)c1nc2cc(Cl)c(C#CC3C=CC=CC3)cc2[nH]1. The summed E-state index contributed by atoms with van der Waals surface area (Å²) in [5.41, 5.74) is 2.26. The van der Waals surface area contributed by atoms with Gasteiger partial charge in [-0.15, -0.1) is 0 Å². The van der Waals surface area contributed by atoms with Crippen molar-refractivity contribution in [3.05, 3.63) is 47.0 Å². The summed E-state index contributed by atoms with van der Waals surface area (Å²) in [6.45, 7) is 0. The zero-order chi connectivity index (χ0) is 14.8. The molecule has 3 nitrogen and oxygen atoms in total. The van der Waals surface area contributed by atoms with Crippen molar-refractivity contribution in [2.45, 2.75) is 11.6 Å². The van der Waals surface area contributed by atoms with Crippen molar-refractivity contribution in [2.75, 3.05) is 6.26 Å². The summed E-state index contributed by atoms with van der Waals surface area (Å²) in [5.74, 6) is 6.55. The van der Waals surface area contributed by atoms with Crippen LogP contribution in [0.3, 0.4) is 0 Å². The van der Waals surface area contributed by atoms with Gasteiger partial charge in [0.25, 0.3) is 0 Å². The van der Waals surface area contributed by atoms with Crippen LogP contribution in [0.15, 0.2) is 41.6 Å². The summed E-state index contributed by atoms with van der Waals surface area (Å²) in [6.07, 6.45) is 10.7. The molecule has 1 aliphatic rings. The standard InChI is InChI=1S/C16H13ClN2OS/c1-21(20)16-18-14-9-12(13(17)10-15(14)19-16)8-7-11-5-3-2-4-6-11/h2-5,9-11H,6H2,1H3,(H,18,19). The Morgan fingerprint density at radius 1 is 1.43 bits per heavy atom. The molecule has 21 heavy (non-hydrogen) atoms. The highest BCUT2D eigenvalue weighted by molar-refractivity contribution is 7.84. The maximum absolute atomic E-state index is 11.5. The van der Waals surface area contributed by atoms with E-state index in [0.29, 0.717) is 15.7 Å². The summed E-state index contributed by atoms with van der Waals surface area (Å²) in [6, 6.07) is 3.61. The first-order valence-electron chi connectivity index (χ1n) is 6.51. The van der Waals surface area contributed by atoms with E-state index < -0.39 is 10.8 Å². The average Bonchev–Trinajstić information content (AvgIpc) is 2.89. The Morgan fingerprint density at radius 2 is 2.29 bits per heavy atom. The highest BCUT2D eigenvalue weighted by Crippen LogP contribution is 2.23. The predicted octanol–water partition coefficient (Wildman–Crippen LogP) is 3.44. The number of hydrogen-bond donors (Lipinski definition) is 1. The number of nitrogens with zero attached hydrogens (tertiary/aromatic N) is 1. The Hall–Kier alpha value is -1.83. The van der Waals surface area contributed by atoms with Crippen LogP contribution in [0.5, 0.6) is 0 Å². The molecule has 0 amide bonds. The number of aromatic amines is 1. The molecule has 2 unspecified atom stereocenters. The van der Waals surface area contributed by atoms with Gasteiger partial charge in [-0.25, -0.2) is 4.98 Å². The van der Waals surface area contributed by atoms with Crippen molar-refractivity contribution >= 4 is 33.4 Å². The molecule has 0 saturated heterocycles. The Balaban J connectivity index is 1.97. The van der Waals surface area contributed by atoms with Crippen molar-refractivity contribution in [1.82, 2.24) is 9.97 Å². The Morgan fingerprint density at radius 3 is 3.00 bits per heavy atom. The molecule has 0 spiro atoms. The minimum Gasteiger partial charge on any atom is -0.331 e. The zero-order valence-corrected chi connectivity index (χ0v) is 13.0. The maximum atomic E-state index is 11.5. The summed E-state index contributed by atoms with van der Waals surface area (Å²) < 4.78 is 11.5. The number of hydrogen-bond acceptors (Lipinski definition) is 2. The van der Waals surface area contributed by atoms with E-state index in [2.05, 4.69) is 34.0 Å². The molecule has 106 valence electrons. The van der Waals surface area contributed by atoms with Gasteiger partial charge in [-0.2, -0.15) is 0 Å². The second-order valence-corrected chi connectivity index (χ2v) is 6.47. The number of fused-ring (bicyclic) bond motifs is 1. The lowest BCUT2D eigenvalue weighted by atomic mass is 10.0. The summed E-state index contributed by atoms with van der Waals surface area (Å²) in [7, 11) is -1.14. The van der Waals surface area contributed by atoms with Crippen LogP contribution in [-0.2, 0) is 10.8 Å². The lowest BCUT2D eigenvalue weighted by Gasteiger charge is -2.03. The number of rotatable bonds is 1. The third-order valence-corrected chi connectivity index (χ3v) is 4.24. The molecule has 5 heteroatoms. The van der Waals surface area contributed by atoms with E-state index in [1.54, 1.807) is 12.3 Å². The van der Waals surface area contributed by atoms with Gasteiger partial charge < -0.3 is 4.98 Å². The van der Waals surface area contributed by atoms with Crippen LogP contribution < -0.4 is 0 Å². The summed E-state index contributed by atoms with van der Waals surface area (Å²) in [5, 5.41) is 1.01. The summed E-state index contributed by atoms with van der Waals surface area (Å²) in [4.78, 5) is 7.29. The van der Waals surface area contributed by atoms with Crippen LogP contribution in [0.4, 0.5) is 0 Å². The molecule has 3 rings (SSSR count). The molecule has 0 aliphatic heterocycles. The van der Waals surface area contributed by atoms with Crippen LogP contribution in [0.25, 0.3) is 11.0 Å². The topological polar surface area (TPSA) is 45.8 Å². The molecule has 0 bridgehead atoms. The molecule has 1 aromatic heterocycles. The smallest absolute Gasteiger partial charge is 0.197 e. The number of nitrogens with one attached hydrogen (secondary N) is 1. The van der Waals surface area contributed by atoms with Gasteiger partial charge in [-0.1, -0.05) is 47.7 Å². The van der Waals surface area contributed by atoms with Gasteiger partial charge in [-0.05, 0) is 18.6 Å². The second kappa shape index (κ2) is 5.88. The third-order valence-electron chi connectivity index (χ3n) is 3.19. The van der Waals surface area contributed by atoms with Gasteiger partial charge in [0.2, 0.25) is 0 Å². The van der Waals surface area contributed by atoms with Crippen LogP contribution in [0, 0.1) is 17.8 Å². The van der Waals surface area contributed by atoms with Crippen molar-refractivity contribution < 1.29 is 4.21 Å². The molecule has 0 fully saturated rings. The number of halogens is 1. The Kier molecular flexibility index (Phi) is 3.96. The molecular weight excluding hydrogens is 304 g/mol. The zero-order valence-electron chi connectivity index (χ0n) is 11.4. The van der Waals surface area contributed by atoms with Crippen molar-refractivity contribution in [3.8, 4) is 11.8 Å². The van der Waals surface area contributed by atoms with Crippen molar-refractivity contribution in [3.63, 3.8) is 0 Å². The minimum atomic E-state index is -1.14. The first-order chi connectivity index (χ1) is 10.1. The van der Waals surface area contributed by atoms with Crippen molar-refractivity contribution in [2.24, 2.45) is 5.92 Å². The van der Waals surface area contributed by atoms with E-state index in [4.69, 9.17) is 11.6 Å². The molecule has 0 radical (unpaired) electrons. The maximum Gasteiger partial charge on any atom is 0.197 e. The third kappa shape index (κ3) is 3.10. The quantitative estimate of drug-likeness (QED) is 0.819. The van der Waals surface area contributed by atoms with Gasteiger partial charge in [0.15, 0.2) is 5.16 Å². The lowest BCUT2D eigenvalue weighted by molar-refractivity contribution is 0.682. The Labute approximate surface area is 130 Å². The predicted molar refractivity (Wildman–Crippen MR) is 86.7 cm³/mol. The van der Waals surface area contributed by atoms with Gasteiger partial charge >= 0.3 is 0 Å². The molecule has 0 saturated carbocycles. The van der Waals surface area contributed by atoms with E-state index in [1.807, 2.05) is 18.2 Å². The monoisotopic (exact) mass is 316 g/mol. The molecule has 1 N–H and O–H groups in total. The molecule has 2 atom stereocenters.